The van der Waals surface area contributed by atoms with Crippen LogP contribution in [0, 0.1) is 5.92 Å². The summed E-state index contributed by atoms with van der Waals surface area (Å²) in [5.74, 6) is -0.781. The van der Waals surface area contributed by atoms with E-state index >= 15 is 0 Å². The van der Waals surface area contributed by atoms with Gasteiger partial charge in [0.1, 0.15) is 5.58 Å². The second-order valence-electron chi connectivity index (χ2n) is 8.50. The summed E-state index contributed by atoms with van der Waals surface area (Å²) in [6, 6.07) is 7.26. The fraction of sp³-hybridized carbons (Fsp3) is 0.520. The lowest BCUT2D eigenvalue weighted by Crippen LogP contribution is -2.41. The minimum Gasteiger partial charge on any atom is -0.464 e. The highest BCUT2D eigenvalue weighted by atomic mass is 16.7. The second kappa shape index (κ2) is 10.3. The molecule has 7 nitrogen and oxygen atoms in total. The summed E-state index contributed by atoms with van der Waals surface area (Å²) in [7, 11) is 0. The summed E-state index contributed by atoms with van der Waals surface area (Å²) in [5.41, 5.74) is 0.852. The van der Waals surface area contributed by atoms with Crippen LogP contribution in [0.2, 0.25) is 0 Å². The summed E-state index contributed by atoms with van der Waals surface area (Å²) in [4.78, 5) is 26.3. The number of fused-ring (bicyclic) bond motifs is 1. The van der Waals surface area contributed by atoms with E-state index in [1.807, 2.05) is 13.0 Å². The van der Waals surface area contributed by atoms with Crippen LogP contribution in [0.4, 0.5) is 0 Å². The Kier molecular flexibility index (Phi) is 7.27. The molecule has 7 heteroatoms. The molecule has 2 aromatic rings. The smallest absolute Gasteiger partial charge is 0.286 e. The van der Waals surface area contributed by atoms with E-state index < -0.39 is 12.2 Å². The molecule has 1 saturated carbocycles. The zero-order chi connectivity index (χ0) is 22.5. The van der Waals surface area contributed by atoms with Crippen molar-refractivity contribution < 1.29 is 23.8 Å². The van der Waals surface area contributed by atoms with Crippen molar-refractivity contribution >= 4 is 16.9 Å². The molecule has 1 aliphatic carbocycles. The molecule has 2 aliphatic rings. The van der Waals surface area contributed by atoms with Gasteiger partial charge in [-0.1, -0.05) is 25.0 Å². The molecule has 0 bridgehead atoms. The molecule has 0 radical (unpaired) electrons. The van der Waals surface area contributed by atoms with Gasteiger partial charge in [0.05, 0.1) is 11.6 Å². The van der Waals surface area contributed by atoms with E-state index in [-0.39, 0.29) is 35.7 Å². The van der Waals surface area contributed by atoms with Gasteiger partial charge >= 0.3 is 0 Å². The Morgan fingerprint density at radius 3 is 2.78 bits per heavy atom. The Balaban J connectivity index is 1.74. The number of aliphatic hydroxyl groups is 1. The van der Waals surface area contributed by atoms with Crippen LogP contribution in [0.1, 0.15) is 56.9 Å². The first-order chi connectivity index (χ1) is 15.6. The Bertz CT molecular complexity index is 1020. The van der Waals surface area contributed by atoms with Gasteiger partial charge in [-0.15, -0.1) is 0 Å². The van der Waals surface area contributed by atoms with Gasteiger partial charge in [0.2, 0.25) is 6.29 Å². The first kappa shape index (κ1) is 22.6. The first-order valence-electron chi connectivity index (χ1n) is 11.5. The number of hydrogen-bond donors (Lipinski definition) is 2. The van der Waals surface area contributed by atoms with Crippen LogP contribution in [0.25, 0.3) is 11.0 Å². The van der Waals surface area contributed by atoms with Crippen molar-refractivity contribution in [1.29, 1.82) is 0 Å². The number of para-hydroxylation sites is 1. The predicted molar refractivity (Wildman–Crippen MR) is 120 cm³/mol. The van der Waals surface area contributed by atoms with Crippen molar-refractivity contribution in [2.75, 3.05) is 13.2 Å². The highest BCUT2D eigenvalue weighted by molar-refractivity contribution is 5.92. The van der Waals surface area contributed by atoms with E-state index in [9.17, 15) is 14.7 Å². The van der Waals surface area contributed by atoms with Gasteiger partial charge in [-0.2, -0.15) is 0 Å². The van der Waals surface area contributed by atoms with Crippen LogP contribution in [-0.2, 0) is 14.3 Å². The largest absolute Gasteiger partial charge is 0.464 e. The number of carbonyl (C=O) groups is 1. The molecule has 1 aromatic carbocycles. The molecule has 172 valence electrons. The Morgan fingerprint density at radius 1 is 1.25 bits per heavy atom. The number of nitrogens with one attached hydrogen (secondary N) is 1. The number of rotatable bonds is 8. The molecule has 0 unspecified atom stereocenters. The van der Waals surface area contributed by atoms with E-state index in [2.05, 4.69) is 5.32 Å². The van der Waals surface area contributed by atoms with Crippen LogP contribution >= 0.6 is 0 Å². The molecule has 32 heavy (non-hydrogen) atoms. The lowest BCUT2D eigenvalue weighted by Gasteiger charge is -2.36. The van der Waals surface area contributed by atoms with Crippen molar-refractivity contribution in [1.82, 2.24) is 5.32 Å². The SMILES string of the molecule is CCO[C@H]1OC(C(=O)NC2CCCC2)=C[C@@H](c2coc3ccccc3c2=O)[C@@H]1CCCO. The summed E-state index contributed by atoms with van der Waals surface area (Å²) in [5, 5.41) is 13.0. The molecule has 2 heterocycles. The van der Waals surface area contributed by atoms with Crippen LogP contribution < -0.4 is 10.7 Å². The van der Waals surface area contributed by atoms with E-state index in [0.717, 1.165) is 25.7 Å². The van der Waals surface area contributed by atoms with Crippen LogP contribution in [0.15, 0.2) is 51.6 Å². The number of hydrogen-bond acceptors (Lipinski definition) is 6. The molecule has 4 rings (SSSR count). The van der Waals surface area contributed by atoms with Crippen molar-refractivity contribution in [2.24, 2.45) is 5.92 Å². The van der Waals surface area contributed by atoms with Gasteiger partial charge in [-0.3, -0.25) is 9.59 Å². The third-order valence-electron chi connectivity index (χ3n) is 6.39. The van der Waals surface area contributed by atoms with Crippen molar-refractivity contribution in [3.05, 3.63) is 58.2 Å². The standard InChI is InChI=1S/C25H31NO6/c1-2-30-25-17(11-7-13-27)19(14-22(32-25)24(29)26-16-8-3-4-9-16)20-15-31-21-12-6-5-10-18(21)23(20)28/h5-6,10,12,14-17,19,25,27H,2-4,7-9,11,13H2,1H3,(H,26,29)/t17-,19+,25-/m0/s1. The molecular formula is C25H31NO6. The fourth-order valence-corrected chi connectivity index (χ4v) is 4.77. The van der Waals surface area contributed by atoms with E-state index in [1.54, 1.807) is 24.3 Å². The van der Waals surface area contributed by atoms with Crippen LogP contribution in [-0.4, -0.2) is 36.6 Å². The zero-order valence-electron chi connectivity index (χ0n) is 18.4. The molecule has 0 saturated heterocycles. The number of allylic oxidation sites excluding steroid dienone is 1. The predicted octanol–water partition coefficient (Wildman–Crippen LogP) is 3.60. The maximum Gasteiger partial charge on any atom is 0.286 e. The molecule has 3 atom stereocenters. The van der Waals surface area contributed by atoms with Crippen LogP contribution in [0.3, 0.4) is 0 Å². The molecule has 2 N–H and O–H groups in total. The van der Waals surface area contributed by atoms with Crippen molar-refractivity contribution in [3.8, 4) is 0 Å². The number of amides is 1. The van der Waals surface area contributed by atoms with Gasteiger partial charge < -0.3 is 24.3 Å². The number of carbonyl (C=O) groups excluding carboxylic acids is 1. The molecular weight excluding hydrogens is 410 g/mol. The summed E-state index contributed by atoms with van der Waals surface area (Å²) < 4.78 is 17.6. The number of aliphatic hydroxyl groups excluding tert-OH is 1. The fourth-order valence-electron chi connectivity index (χ4n) is 4.77. The summed E-state index contributed by atoms with van der Waals surface area (Å²) in [6.07, 6.45) is 7.76. The van der Waals surface area contributed by atoms with E-state index in [1.165, 1.54) is 6.26 Å². The van der Waals surface area contributed by atoms with Gasteiger partial charge in [-0.25, -0.2) is 0 Å². The molecule has 1 amide bonds. The Morgan fingerprint density at radius 2 is 2.03 bits per heavy atom. The van der Waals surface area contributed by atoms with Gasteiger partial charge in [0.25, 0.3) is 5.91 Å². The Labute approximate surface area is 187 Å². The number of ether oxygens (including phenoxy) is 2. The average molecular weight is 442 g/mol. The highest BCUT2D eigenvalue weighted by Gasteiger charge is 2.39. The van der Waals surface area contributed by atoms with Gasteiger partial charge in [-0.05, 0) is 50.8 Å². The van der Waals surface area contributed by atoms with E-state index in [0.29, 0.717) is 36.0 Å². The van der Waals surface area contributed by atoms with E-state index in [4.69, 9.17) is 13.9 Å². The first-order valence-corrected chi connectivity index (χ1v) is 11.5. The molecule has 1 aliphatic heterocycles. The summed E-state index contributed by atoms with van der Waals surface area (Å²) >= 11 is 0. The summed E-state index contributed by atoms with van der Waals surface area (Å²) in [6.45, 7) is 2.28. The van der Waals surface area contributed by atoms with Crippen LogP contribution in [0.5, 0.6) is 0 Å². The molecule has 1 aromatic heterocycles. The quantitative estimate of drug-likeness (QED) is 0.650. The third kappa shape index (κ3) is 4.74. The van der Waals surface area contributed by atoms with Crippen molar-refractivity contribution in [3.63, 3.8) is 0 Å². The highest BCUT2D eigenvalue weighted by Crippen LogP contribution is 2.39. The Hall–Kier alpha value is -2.64. The molecule has 0 spiro atoms. The molecule has 1 fully saturated rings. The lowest BCUT2D eigenvalue weighted by molar-refractivity contribution is -0.166. The minimum absolute atomic E-state index is 0.0210. The van der Waals surface area contributed by atoms with Crippen molar-refractivity contribution in [2.45, 2.75) is 63.7 Å². The van der Waals surface area contributed by atoms with Gasteiger partial charge in [0, 0.05) is 36.7 Å². The lowest BCUT2D eigenvalue weighted by atomic mass is 9.81. The monoisotopic (exact) mass is 441 g/mol. The number of benzene rings is 1. The maximum absolute atomic E-state index is 13.3. The minimum atomic E-state index is -0.697. The normalized spacial score (nSPS) is 23.7. The maximum atomic E-state index is 13.3. The topological polar surface area (TPSA) is 98.0 Å². The second-order valence-corrected chi connectivity index (χ2v) is 8.50. The zero-order valence-corrected chi connectivity index (χ0v) is 18.4. The third-order valence-corrected chi connectivity index (χ3v) is 6.39. The van der Waals surface area contributed by atoms with Gasteiger partial charge in [0.15, 0.2) is 11.2 Å². The average Bonchev–Trinajstić information content (AvgIpc) is 3.31.